The van der Waals surface area contributed by atoms with Gasteiger partial charge in [-0.05, 0) is 37.1 Å². The fourth-order valence-electron chi connectivity index (χ4n) is 4.57. The highest BCUT2D eigenvalue weighted by Crippen LogP contribution is 2.39. The van der Waals surface area contributed by atoms with E-state index >= 15 is 0 Å². The molecule has 4 heterocycles. The molecule has 1 atom stereocenters. The summed E-state index contributed by atoms with van der Waals surface area (Å²) < 4.78 is 12.4. The van der Waals surface area contributed by atoms with E-state index in [-0.39, 0.29) is 30.9 Å². The number of cyclic esters (lactones) is 1. The summed E-state index contributed by atoms with van der Waals surface area (Å²) >= 11 is 0. The number of pyridine rings is 2. The maximum absolute atomic E-state index is 13.2. The van der Waals surface area contributed by atoms with E-state index in [0.29, 0.717) is 46.7 Å². The van der Waals surface area contributed by atoms with Gasteiger partial charge in [0.15, 0.2) is 5.60 Å². The van der Waals surface area contributed by atoms with Crippen molar-refractivity contribution in [2.45, 2.75) is 52.0 Å². The Kier molecular flexibility index (Phi) is 4.79. The van der Waals surface area contributed by atoms with Crippen molar-refractivity contribution >= 4 is 16.9 Å². The van der Waals surface area contributed by atoms with E-state index in [9.17, 15) is 19.8 Å². The maximum Gasteiger partial charge on any atom is 0.343 e. The summed E-state index contributed by atoms with van der Waals surface area (Å²) in [7, 11) is 0. The van der Waals surface area contributed by atoms with E-state index < -0.39 is 11.6 Å². The number of carbonyl (C=O) groups is 1. The minimum atomic E-state index is -1.85. The van der Waals surface area contributed by atoms with Crippen LogP contribution >= 0.6 is 0 Å². The van der Waals surface area contributed by atoms with Crippen molar-refractivity contribution in [2.24, 2.45) is 0 Å². The Morgan fingerprint density at radius 2 is 2.06 bits per heavy atom. The smallest absolute Gasteiger partial charge is 0.343 e. The van der Waals surface area contributed by atoms with Gasteiger partial charge in [-0.15, -0.1) is 0 Å². The fourth-order valence-corrected chi connectivity index (χ4v) is 4.57. The van der Waals surface area contributed by atoms with Gasteiger partial charge < -0.3 is 24.3 Å². The van der Waals surface area contributed by atoms with Gasteiger partial charge in [0.1, 0.15) is 12.4 Å². The third-order valence-corrected chi connectivity index (χ3v) is 6.37. The second-order valence-electron chi connectivity index (χ2n) is 8.28. The van der Waals surface area contributed by atoms with Crippen molar-refractivity contribution in [1.29, 1.82) is 0 Å². The molecule has 0 bridgehead atoms. The van der Waals surface area contributed by atoms with E-state index in [1.807, 2.05) is 13.0 Å². The maximum atomic E-state index is 13.2. The largest absolute Gasteiger partial charge is 0.508 e. The van der Waals surface area contributed by atoms with E-state index in [0.717, 1.165) is 17.4 Å². The number of nitrogens with zero attached hydrogens (tertiary/aromatic N) is 2. The molecule has 8 nitrogen and oxygen atoms in total. The Hall–Kier alpha value is -3.23. The number of hydrogen-bond donors (Lipinski definition) is 2. The van der Waals surface area contributed by atoms with Gasteiger partial charge in [-0.25, -0.2) is 9.78 Å². The highest BCUT2D eigenvalue weighted by Gasteiger charge is 2.45. The quantitative estimate of drug-likeness (QED) is 0.366. The molecule has 0 amide bonds. The van der Waals surface area contributed by atoms with Gasteiger partial charge >= 0.3 is 5.97 Å². The second kappa shape index (κ2) is 7.43. The molecule has 166 valence electrons. The lowest BCUT2D eigenvalue weighted by Crippen LogP contribution is -2.44. The van der Waals surface area contributed by atoms with Crippen LogP contribution in [0.4, 0.5) is 0 Å². The van der Waals surface area contributed by atoms with E-state index in [1.165, 1.54) is 0 Å². The van der Waals surface area contributed by atoms with Crippen LogP contribution in [0.15, 0.2) is 29.1 Å². The number of ether oxygens (including phenoxy) is 2. The number of aliphatic hydroxyl groups is 1. The zero-order valence-electron chi connectivity index (χ0n) is 18.0. The minimum Gasteiger partial charge on any atom is -0.508 e. The molecule has 0 aliphatic carbocycles. The van der Waals surface area contributed by atoms with Crippen molar-refractivity contribution in [3.8, 4) is 17.1 Å². The first kappa shape index (κ1) is 20.7. The normalized spacial score (nSPS) is 18.9. The Morgan fingerprint density at radius 1 is 1.25 bits per heavy atom. The second-order valence-corrected chi connectivity index (χ2v) is 8.28. The molecule has 0 unspecified atom stereocenters. The van der Waals surface area contributed by atoms with Crippen LogP contribution in [-0.4, -0.2) is 32.3 Å². The fraction of sp³-hybridized carbons (Fsp3) is 0.375. The third-order valence-electron chi connectivity index (χ3n) is 6.37. The zero-order chi connectivity index (χ0) is 22.6. The molecule has 2 aliphatic heterocycles. The Bertz CT molecular complexity index is 1330. The first-order valence-corrected chi connectivity index (χ1v) is 10.8. The standard InChI is InChI=1S/C24H24N2O6/c1-3-7-31-11-15-14-8-13-10-26-19(21(13)25-18(14)5-6-20(15)27)9-17-16(22(26)28)12-32-23(29)24(17,30)4-2/h5-6,8-9,27,30H,3-4,7,10-12H2,1-2H3/t24-/m0/s1. The third kappa shape index (κ3) is 2.87. The monoisotopic (exact) mass is 436 g/mol. The molecule has 3 aromatic rings. The number of phenols is 1. The molecule has 0 spiro atoms. The Balaban J connectivity index is 1.69. The number of aromatic hydroxyl groups is 1. The minimum absolute atomic E-state index is 0.0974. The van der Waals surface area contributed by atoms with Gasteiger partial charge in [0.25, 0.3) is 5.56 Å². The molecule has 0 radical (unpaired) electrons. The summed E-state index contributed by atoms with van der Waals surface area (Å²) in [5.74, 6) is -0.601. The molecular formula is C24H24N2O6. The van der Waals surface area contributed by atoms with Gasteiger partial charge in [-0.2, -0.15) is 0 Å². The number of phenolic OH excluding ortho intramolecular Hbond substituents is 1. The average Bonchev–Trinajstić information content (AvgIpc) is 3.15. The van der Waals surface area contributed by atoms with Gasteiger partial charge in [-0.1, -0.05) is 13.8 Å². The van der Waals surface area contributed by atoms with Crippen molar-refractivity contribution in [2.75, 3.05) is 6.61 Å². The van der Waals surface area contributed by atoms with Gasteiger partial charge in [-0.3, -0.25) is 4.79 Å². The van der Waals surface area contributed by atoms with Gasteiger partial charge in [0.05, 0.1) is 35.6 Å². The number of benzene rings is 1. The summed E-state index contributed by atoms with van der Waals surface area (Å²) in [6.07, 6.45) is 0.971. The summed E-state index contributed by atoms with van der Waals surface area (Å²) in [4.78, 5) is 30.3. The van der Waals surface area contributed by atoms with Crippen LogP contribution in [0.25, 0.3) is 22.3 Å². The van der Waals surface area contributed by atoms with Crippen LogP contribution < -0.4 is 5.56 Å². The molecule has 0 saturated carbocycles. The predicted octanol–water partition coefficient (Wildman–Crippen LogP) is 2.71. The van der Waals surface area contributed by atoms with Crippen molar-refractivity contribution in [3.63, 3.8) is 0 Å². The number of aromatic nitrogens is 2. The van der Waals surface area contributed by atoms with Crippen molar-refractivity contribution < 1.29 is 24.5 Å². The van der Waals surface area contributed by atoms with Crippen LogP contribution in [-0.2, 0) is 39.6 Å². The first-order chi connectivity index (χ1) is 15.4. The Labute approximate surface area is 184 Å². The summed E-state index contributed by atoms with van der Waals surface area (Å²) in [5.41, 5.74) is 1.78. The molecule has 1 aromatic carbocycles. The lowest BCUT2D eigenvalue weighted by molar-refractivity contribution is -0.172. The highest BCUT2D eigenvalue weighted by atomic mass is 16.6. The lowest BCUT2D eigenvalue weighted by atomic mass is 9.86. The molecule has 32 heavy (non-hydrogen) atoms. The van der Waals surface area contributed by atoms with Gasteiger partial charge in [0.2, 0.25) is 0 Å². The van der Waals surface area contributed by atoms with E-state index in [1.54, 1.807) is 29.7 Å². The molecule has 2 aliphatic rings. The molecule has 5 rings (SSSR count). The molecular weight excluding hydrogens is 412 g/mol. The SMILES string of the molecule is CCCOCc1c(O)ccc2nc3c(cc12)Cn1c-3cc2c(c1=O)COC(=O)[C@]2(O)CC. The summed E-state index contributed by atoms with van der Waals surface area (Å²) in [5, 5.41) is 22.1. The molecule has 2 aromatic heterocycles. The van der Waals surface area contributed by atoms with E-state index in [4.69, 9.17) is 14.5 Å². The highest BCUT2D eigenvalue weighted by molar-refractivity contribution is 5.89. The number of esters is 1. The van der Waals surface area contributed by atoms with E-state index in [2.05, 4.69) is 0 Å². The van der Waals surface area contributed by atoms with Gasteiger partial charge in [0, 0.05) is 28.7 Å². The molecule has 0 fully saturated rings. The first-order valence-electron chi connectivity index (χ1n) is 10.8. The average molecular weight is 436 g/mol. The molecule has 8 heteroatoms. The molecule has 2 N–H and O–H groups in total. The summed E-state index contributed by atoms with van der Waals surface area (Å²) in [6.45, 7) is 4.69. The number of fused-ring (bicyclic) bond motifs is 5. The van der Waals surface area contributed by atoms with Crippen LogP contribution in [0.5, 0.6) is 5.75 Å². The predicted molar refractivity (Wildman–Crippen MR) is 116 cm³/mol. The van der Waals surface area contributed by atoms with Crippen molar-refractivity contribution in [1.82, 2.24) is 9.55 Å². The number of rotatable bonds is 5. The van der Waals surface area contributed by atoms with Crippen LogP contribution in [0.2, 0.25) is 0 Å². The van der Waals surface area contributed by atoms with Crippen LogP contribution in [0.1, 0.15) is 48.9 Å². The lowest BCUT2D eigenvalue weighted by Gasteiger charge is -2.31. The molecule has 0 saturated heterocycles. The van der Waals surface area contributed by atoms with Crippen LogP contribution in [0.3, 0.4) is 0 Å². The summed E-state index contributed by atoms with van der Waals surface area (Å²) in [6, 6.07) is 6.94. The number of carbonyl (C=O) groups excluding carboxylic acids is 1. The van der Waals surface area contributed by atoms with Crippen LogP contribution in [0, 0.1) is 0 Å². The number of hydrogen-bond acceptors (Lipinski definition) is 7. The van der Waals surface area contributed by atoms with Crippen molar-refractivity contribution in [3.05, 3.63) is 56.9 Å². The topological polar surface area (TPSA) is 111 Å². The Morgan fingerprint density at radius 3 is 2.81 bits per heavy atom. The zero-order valence-corrected chi connectivity index (χ0v) is 18.0.